The van der Waals surface area contributed by atoms with Gasteiger partial charge in [0.05, 0.1) is 5.69 Å². The highest BCUT2D eigenvalue weighted by Gasteiger charge is 2.37. The normalized spacial score (nSPS) is 22.0. The number of rotatable bonds is 3. The number of phenolic OH excluding ortho intramolecular Hbond substituents is 1. The summed E-state index contributed by atoms with van der Waals surface area (Å²) in [7, 11) is 0. The summed E-state index contributed by atoms with van der Waals surface area (Å²) in [4.78, 5) is 23.9. The summed E-state index contributed by atoms with van der Waals surface area (Å²) in [6.07, 6.45) is 3.92. The molecule has 28 heavy (non-hydrogen) atoms. The summed E-state index contributed by atoms with van der Waals surface area (Å²) in [5.41, 5.74) is 3.13. The number of aromatic nitrogens is 1. The highest BCUT2D eigenvalue weighted by Crippen LogP contribution is 2.35. The molecule has 0 spiro atoms. The highest BCUT2D eigenvalue weighted by atomic mass is 16.3. The van der Waals surface area contributed by atoms with Gasteiger partial charge in [0.2, 0.25) is 5.91 Å². The molecule has 1 amide bonds. The lowest BCUT2D eigenvalue weighted by Gasteiger charge is -2.36. The number of carbonyl (C=O) groups is 1. The van der Waals surface area contributed by atoms with Crippen molar-refractivity contribution < 1.29 is 9.90 Å². The third-order valence-electron chi connectivity index (χ3n) is 6.00. The molecular weight excluding hydrogens is 354 g/mol. The van der Waals surface area contributed by atoms with Gasteiger partial charge in [-0.1, -0.05) is 0 Å². The molecule has 0 aliphatic carbocycles. The first-order chi connectivity index (χ1) is 13.7. The maximum Gasteiger partial charge on any atom is 0.247 e. The SMILES string of the molecule is O=C1Nc2cc(CN3CCN(c4ccc(O)cc4)CC3)cnc2N2CCC[C@@H]12. The van der Waals surface area contributed by atoms with Crippen LogP contribution in [0.4, 0.5) is 17.2 Å². The Balaban J connectivity index is 1.23. The average Bonchev–Trinajstić information content (AvgIpc) is 3.20. The molecule has 3 aliphatic heterocycles. The third-order valence-corrected chi connectivity index (χ3v) is 6.00. The molecule has 146 valence electrons. The van der Waals surface area contributed by atoms with E-state index in [0.29, 0.717) is 5.75 Å². The summed E-state index contributed by atoms with van der Waals surface area (Å²) >= 11 is 0. The lowest BCUT2D eigenvalue weighted by Crippen LogP contribution is -2.46. The summed E-state index contributed by atoms with van der Waals surface area (Å²) < 4.78 is 0. The first-order valence-electron chi connectivity index (χ1n) is 10.0. The molecule has 7 heteroatoms. The number of pyridine rings is 1. The Kier molecular flexibility index (Phi) is 4.31. The average molecular weight is 379 g/mol. The smallest absolute Gasteiger partial charge is 0.247 e. The number of aromatic hydroxyl groups is 1. The van der Waals surface area contributed by atoms with Crippen LogP contribution < -0.4 is 15.1 Å². The number of hydrogen-bond donors (Lipinski definition) is 2. The summed E-state index contributed by atoms with van der Waals surface area (Å²) in [5.74, 6) is 1.32. The number of carbonyl (C=O) groups excluding carboxylic acids is 1. The van der Waals surface area contributed by atoms with Crippen LogP contribution in [0, 0.1) is 0 Å². The zero-order chi connectivity index (χ0) is 19.1. The molecule has 7 nitrogen and oxygen atoms in total. The minimum absolute atomic E-state index is 0.0428. The fourth-order valence-corrected chi connectivity index (χ4v) is 4.50. The van der Waals surface area contributed by atoms with E-state index in [1.54, 1.807) is 12.1 Å². The molecule has 3 aliphatic rings. The van der Waals surface area contributed by atoms with Gasteiger partial charge in [-0.15, -0.1) is 0 Å². The molecule has 2 saturated heterocycles. The second kappa shape index (κ2) is 6.98. The molecule has 1 aromatic heterocycles. The Bertz CT molecular complexity index is 877. The van der Waals surface area contributed by atoms with E-state index in [1.807, 2.05) is 18.3 Å². The predicted octanol–water partition coefficient (Wildman–Crippen LogP) is 2.03. The molecule has 0 unspecified atom stereocenters. The molecule has 1 aromatic carbocycles. The van der Waals surface area contributed by atoms with Crippen molar-refractivity contribution >= 4 is 23.1 Å². The first kappa shape index (κ1) is 17.3. The molecule has 2 fully saturated rings. The van der Waals surface area contributed by atoms with E-state index < -0.39 is 0 Å². The van der Waals surface area contributed by atoms with Crippen molar-refractivity contribution in [1.82, 2.24) is 9.88 Å². The standard InChI is InChI=1S/C21H25N5O2/c27-17-5-3-16(4-6-17)25-10-8-24(9-11-25)14-15-12-18-20(22-13-15)26-7-1-2-19(26)21(28)23-18/h3-6,12-13,19,27H,1-2,7-11,14H2,(H,23,28)/t19-/m0/s1. The van der Waals surface area contributed by atoms with Crippen molar-refractivity contribution in [2.75, 3.05) is 47.8 Å². The Morgan fingerprint density at radius 3 is 2.68 bits per heavy atom. The lowest BCUT2D eigenvalue weighted by molar-refractivity contribution is -0.117. The van der Waals surface area contributed by atoms with Gasteiger partial charge in [0.25, 0.3) is 0 Å². The van der Waals surface area contributed by atoms with Crippen LogP contribution in [0.2, 0.25) is 0 Å². The van der Waals surface area contributed by atoms with Crippen LogP contribution in [0.25, 0.3) is 0 Å². The van der Waals surface area contributed by atoms with Gasteiger partial charge in [0.15, 0.2) is 5.82 Å². The van der Waals surface area contributed by atoms with E-state index in [9.17, 15) is 9.90 Å². The molecule has 5 rings (SSSR count). The van der Waals surface area contributed by atoms with Crippen molar-refractivity contribution in [3.8, 4) is 5.75 Å². The van der Waals surface area contributed by atoms with Gasteiger partial charge in [-0.05, 0) is 48.7 Å². The van der Waals surface area contributed by atoms with E-state index in [4.69, 9.17) is 0 Å². The Labute approximate surface area is 164 Å². The van der Waals surface area contributed by atoms with Crippen molar-refractivity contribution in [3.05, 3.63) is 42.1 Å². The monoisotopic (exact) mass is 379 g/mol. The van der Waals surface area contributed by atoms with Gasteiger partial charge in [-0.25, -0.2) is 4.98 Å². The second-order valence-electron chi connectivity index (χ2n) is 7.83. The molecular formula is C21H25N5O2. The second-order valence-corrected chi connectivity index (χ2v) is 7.83. The number of amides is 1. The van der Waals surface area contributed by atoms with E-state index >= 15 is 0 Å². The molecule has 4 heterocycles. The topological polar surface area (TPSA) is 71.9 Å². The number of phenols is 1. The maximum atomic E-state index is 12.3. The van der Waals surface area contributed by atoms with Crippen LogP contribution in [0.5, 0.6) is 5.75 Å². The number of anilines is 3. The lowest BCUT2D eigenvalue weighted by atomic mass is 10.1. The minimum atomic E-state index is -0.0428. The number of piperazine rings is 1. The molecule has 2 N–H and O–H groups in total. The fraction of sp³-hybridized carbons (Fsp3) is 0.429. The predicted molar refractivity (Wildman–Crippen MR) is 109 cm³/mol. The third kappa shape index (κ3) is 3.16. The minimum Gasteiger partial charge on any atom is -0.508 e. The van der Waals surface area contributed by atoms with Crippen LogP contribution in [0.1, 0.15) is 18.4 Å². The Morgan fingerprint density at radius 1 is 1.11 bits per heavy atom. The molecule has 2 aromatic rings. The van der Waals surface area contributed by atoms with Crippen molar-refractivity contribution in [2.45, 2.75) is 25.4 Å². The van der Waals surface area contributed by atoms with Gasteiger partial charge in [0.1, 0.15) is 11.8 Å². The maximum absolute atomic E-state index is 12.3. The van der Waals surface area contributed by atoms with Gasteiger partial charge in [-0.3, -0.25) is 9.69 Å². The number of nitrogens with one attached hydrogen (secondary N) is 1. The van der Waals surface area contributed by atoms with E-state index in [2.05, 4.69) is 31.1 Å². The first-order valence-corrected chi connectivity index (χ1v) is 10.0. The van der Waals surface area contributed by atoms with Crippen LogP contribution in [0.15, 0.2) is 36.5 Å². The largest absolute Gasteiger partial charge is 0.508 e. The summed E-state index contributed by atoms with van der Waals surface area (Å²) in [6, 6.07) is 9.44. The van der Waals surface area contributed by atoms with Crippen LogP contribution in [-0.4, -0.2) is 59.7 Å². The van der Waals surface area contributed by atoms with Crippen LogP contribution in [-0.2, 0) is 11.3 Å². The number of benzene rings is 1. The molecule has 0 saturated carbocycles. The summed E-state index contributed by atoms with van der Waals surface area (Å²) in [5, 5.41) is 12.5. The summed E-state index contributed by atoms with van der Waals surface area (Å²) in [6.45, 7) is 5.60. The number of hydrogen-bond acceptors (Lipinski definition) is 6. The van der Waals surface area contributed by atoms with E-state index in [1.165, 1.54) is 0 Å². The van der Waals surface area contributed by atoms with Crippen LogP contribution >= 0.6 is 0 Å². The van der Waals surface area contributed by atoms with Gasteiger partial charge < -0.3 is 20.2 Å². The van der Waals surface area contributed by atoms with Gasteiger partial charge >= 0.3 is 0 Å². The number of fused-ring (bicyclic) bond motifs is 3. The molecule has 1 atom stereocenters. The van der Waals surface area contributed by atoms with Crippen molar-refractivity contribution in [3.63, 3.8) is 0 Å². The number of nitrogens with zero attached hydrogens (tertiary/aromatic N) is 4. The van der Waals surface area contributed by atoms with Gasteiger partial charge in [-0.2, -0.15) is 0 Å². The zero-order valence-electron chi connectivity index (χ0n) is 15.8. The zero-order valence-corrected chi connectivity index (χ0v) is 15.8. The Morgan fingerprint density at radius 2 is 1.89 bits per heavy atom. The van der Waals surface area contributed by atoms with Crippen molar-refractivity contribution in [1.29, 1.82) is 0 Å². The molecule has 0 radical (unpaired) electrons. The molecule has 0 bridgehead atoms. The van der Waals surface area contributed by atoms with E-state index in [-0.39, 0.29) is 11.9 Å². The fourth-order valence-electron chi connectivity index (χ4n) is 4.50. The van der Waals surface area contributed by atoms with Gasteiger partial charge in [0, 0.05) is 51.2 Å². The highest BCUT2D eigenvalue weighted by molar-refractivity contribution is 6.03. The van der Waals surface area contributed by atoms with E-state index in [0.717, 1.165) is 74.9 Å². The quantitative estimate of drug-likeness (QED) is 0.850. The van der Waals surface area contributed by atoms with Crippen molar-refractivity contribution in [2.24, 2.45) is 0 Å². The Hall–Kier alpha value is -2.80. The van der Waals surface area contributed by atoms with Crippen LogP contribution in [0.3, 0.4) is 0 Å².